The van der Waals surface area contributed by atoms with Crippen LogP contribution in [0.2, 0.25) is 0 Å². The van der Waals surface area contributed by atoms with Gasteiger partial charge >= 0.3 is 0 Å². The summed E-state index contributed by atoms with van der Waals surface area (Å²) in [5.41, 5.74) is 7.64. The maximum atomic E-state index is 11.8. The second kappa shape index (κ2) is 10.4. The second-order valence-corrected chi connectivity index (χ2v) is 6.66. The van der Waals surface area contributed by atoms with E-state index in [1.54, 1.807) is 11.8 Å². The van der Waals surface area contributed by atoms with E-state index in [9.17, 15) is 4.79 Å². The first kappa shape index (κ1) is 20.5. The summed E-state index contributed by atoms with van der Waals surface area (Å²) in [5, 5.41) is 3.12. The summed E-state index contributed by atoms with van der Waals surface area (Å²) in [5.74, 6) is -0.244. The van der Waals surface area contributed by atoms with E-state index in [1.807, 2.05) is 42.5 Å². The van der Waals surface area contributed by atoms with E-state index in [1.165, 1.54) is 17.6 Å². The fraction of sp³-hybridized carbons (Fsp3) is 0.278. The Kier molecular flexibility index (Phi) is 8.85. The van der Waals surface area contributed by atoms with Crippen molar-refractivity contribution in [3.8, 4) is 0 Å². The summed E-state index contributed by atoms with van der Waals surface area (Å²) in [6, 6.07) is 17.5. The highest BCUT2D eigenvalue weighted by Crippen LogP contribution is 2.34. The average Bonchev–Trinajstić information content (AvgIpc) is 2.56. The van der Waals surface area contributed by atoms with Crippen LogP contribution in [-0.4, -0.2) is 25.7 Å². The van der Waals surface area contributed by atoms with Gasteiger partial charge in [0, 0.05) is 22.9 Å². The Morgan fingerprint density at radius 2 is 1.79 bits per heavy atom. The van der Waals surface area contributed by atoms with E-state index < -0.39 is 6.04 Å². The highest BCUT2D eigenvalue weighted by atomic mass is 35.5. The van der Waals surface area contributed by atoms with Crippen molar-refractivity contribution in [1.29, 1.82) is 0 Å². The number of amides is 1. The summed E-state index contributed by atoms with van der Waals surface area (Å²) in [7, 11) is 1.52. The Labute approximate surface area is 153 Å². The molecule has 3 N–H and O–H groups in total. The molecule has 0 saturated carbocycles. The van der Waals surface area contributed by atoms with Crippen molar-refractivity contribution in [3.05, 3.63) is 60.2 Å². The van der Waals surface area contributed by atoms with Gasteiger partial charge < -0.3 is 15.8 Å². The van der Waals surface area contributed by atoms with Crippen LogP contribution in [0.5, 0.6) is 0 Å². The van der Waals surface area contributed by atoms with Crippen LogP contribution < -0.4 is 11.1 Å². The van der Waals surface area contributed by atoms with Crippen LogP contribution in [-0.2, 0) is 9.53 Å². The van der Waals surface area contributed by atoms with E-state index in [0.717, 1.165) is 5.69 Å². The molecule has 4 nitrogen and oxygen atoms in total. The van der Waals surface area contributed by atoms with Gasteiger partial charge in [-0.05, 0) is 36.8 Å². The number of ether oxygens (including phenoxy) is 1. The molecule has 2 atom stereocenters. The maximum absolute atomic E-state index is 11.8. The molecule has 0 spiro atoms. The Morgan fingerprint density at radius 3 is 2.38 bits per heavy atom. The lowest BCUT2D eigenvalue weighted by Gasteiger charge is -2.14. The van der Waals surface area contributed by atoms with Crippen LogP contribution in [0.1, 0.15) is 17.7 Å². The number of carbonyl (C=O) groups is 1. The monoisotopic (exact) mass is 366 g/mol. The van der Waals surface area contributed by atoms with Crippen LogP contribution >= 0.6 is 24.2 Å². The van der Waals surface area contributed by atoms with E-state index in [2.05, 4.69) is 24.4 Å². The molecule has 0 heterocycles. The van der Waals surface area contributed by atoms with Gasteiger partial charge in [-0.25, -0.2) is 0 Å². The normalized spacial score (nSPS) is 12.8. The third-order valence-corrected chi connectivity index (χ3v) is 4.56. The third kappa shape index (κ3) is 6.17. The predicted octanol–water partition coefficient (Wildman–Crippen LogP) is 3.87. The number of benzene rings is 2. The number of methoxy groups -OCH3 is 1. The van der Waals surface area contributed by atoms with E-state index in [4.69, 9.17) is 10.5 Å². The summed E-state index contributed by atoms with van der Waals surface area (Å²) < 4.78 is 4.88. The molecular formula is C18H23ClN2O2S. The molecule has 0 aliphatic heterocycles. The molecule has 0 aliphatic rings. The molecule has 0 radical (unpaired) electrons. The molecule has 0 fully saturated rings. The predicted molar refractivity (Wildman–Crippen MR) is 103 cm³/mol. The molecule has 2 rings (SSSR count). The van der Waals surface area contributed by atoms with Gasteiger partial charge in [0.05, 0.1) is 6.61 Å². The zero-order chi connectivity index (χ0) is 16.7. The molecule has 130 valence electrons. The largest absolute Gasteiger partial charge is 0.383 e. The van der Waals surface area contributed by atoms with Crippen LogP contribution in [0, 0.1) is 0 Å². The molecule has 24 heavy (non-hydrogen) atoms. The third-order valence-electron chi connectivity index (χ3n) is 3.39. The number of nitrogens with two attached hydrogens (primary N) is 1. The van der Waals surface area contributed by atoms with Crippen LogP contribution in [0.4, 0.5) is 5.69 Å². The summed E-state index contributed by atoms with van der Waals surface area (Å²) in [6.07, 6.45) is 0. The quantitative estimate of drug-likeness (QED) is 0.730. The summed E-state index contributed by atoms with van der Waals surface area (Å²) in [6.45, 7) is 2.37. The van der Waals surface area contributed by atoms with Crippen LogP contribution in [0.3, 0.4) is 0 Å². The molecular weight excluding hydrogens is 344 g/mol. The first-order valence-electron chi connectivity index (χ1n) is 7.47. The van der Waals surface area contributed by atoms with Gasteiger partial charge in [-0.15, -0.1) is 24.2 Å². The Balaban J connectivity index is 0.00000288. The zero-order valence-electron chi connectivity index (χ0n) is 13.8. The summed E-state index contributed by atoms with van der Waals surface area (Å²) in [4.78, 5) is 13.1. The highest BCUT2D eigenvalue weighted by Gasteiger charge is 2.13. The van der Waals surface area contributed by atoms with Gasteiger partial charge in [0.2, 0.25) is 5.91 Å². The molecule has 2 unspecified atom stereocenters. The van der Waals surface area contributed by atoms with Crippen LogP contribution in [0.25, 0.3) is 0 Å². The number of halogens is 1. The van der Waals surface area contributed by atoms with Gasteiger partial charge in [0.15, 0.2) is 0 Å². The first-order chi connectivity index (χ1) is 11.1. The van der Waals surface area contributed by atoms with Crippen molar-refractivity contribution in [1.82, 2.24) is 0 Å². The number of hydrogen-bond acceptors (Lipinski definition) is 4. The van der Waals surface area contributed by atoms with Crippen molar-refractivity contribution in [2.24, 2.45) is 5.73 Å². The summed E-state index contributed by atoms with van der Waals surface area (Å²) >= 11 is 1.80. The Morgan fingerprint density at radius 1 is 1.17 bits per heavy atom. The van der Waals surface area contributed by atoms with Crippen LogP contribution in [0.15, 0.2) is 59.5 Å². The fourth-order valence-corrected chi connectivity index (χ4v) is 3.11. The standard InChI is InChI=1S/C18H22N2O2S.ClH/c1-13(23-16-6-4-3-5-7-16)14-8-10-15(11-9-14)20-18(21)17(19)12-22-2;/h3-11,13,17H,12,19H2,1-2H3,(H,20,21);1H. The molecule has 0 aromatic heterocycles. The number of thioether (sulfide) groups is 1. The maximum Gasteiger partial charge on any atom is 0.243 e. The van der Waals surface area contributed by atoms with E-state index in [-0.39, 0.29) is 24.9 Å². The number of carbonyl (C=O) groups excluding carboxylic acids is 1. The van der Waals surface area contributed by atoms with Crippen molar-refractivity contribution >= 4 is 35.8 Å². The number of rotatable bonds is 7. The molecule has 0 bridgehead atoms. The number of nitrogens with one attached hydrogen (secondary N) is 1. The van der Waals surface area contributed by atoms with Gasteiger partial charge in [-0.3, -0.25) is 4.79 Å². The lowest BCUT2D eigenvalue weighted by molar-refractivity contribution is -0.118. The van der Waals surface area contributed by atoms with Crippen molar-refractivity contribution in [2.75, 3.05) is 19.0 Å². The Hall–Kier alpha value is -1.53. The van der Waals surface area contributed by atoms with Gasteiger partial charge in [0.25, 0.3) is 0 Å². The molecule has 2 aromatic rings. The van der Waals surface area contributed by atoms with Gasteiger partial charge in [-0.2, -0.15) is 0 Å². The van der Waals surface area contributed by atoms with Gasteiger partial charge in [0.1, 0.15) is 6.04 Å². The Bertz CT molecular complexity index is 623. The molecule has 0 aliphatic carbocycles. The zero-order valence-corrected chi connectivity index (χ0v) is 15.4. The average molecular weight is 367 g/mol. The van der Waals surface area contributed by atoms with E-state index >= 15 is 0 Å². The SMILES string of the molecule is COCC(N)C(=O)Nc1ccc(C(C)Sc2ccccc2)cc1.Cl. The van der Waals surface area contributed by atoms with Crippen molar-refractivity contribution in [3.63, 3.8) is 0 Å². The van der Waals surface area contributed by atoms with Crippen molar-refractivity contribution in [2.45, 2.75) is 23.1 Å². The number of anilines is 1. The fourth-order valence-electron chi connectivity index (χ4n) is 2.10. The van der Waals surface area contributed by atoms with E-state index in [0.29, 0.717) is 5.25 Å². The number of hydrogen-bond donors (Lipinski definition) is 2. The smallest absolute Gasteiger partial charge is 0.243 e. The molecule has 6 heteroatoms. The first-order valence-corrected chi connectivity index (χ1v) is 8.35. The molecule has 2 aromatic carbocycles. The minimum atomic E-state index is -0.660. The minimum Gasteiger partial charge on any atom is -0.383 e. The topological polar surface area (TPSA) is 64.3 Å². The minimum absolute atomic E-state index is 0. The lowest BCUT2D eigenvalue weighted by Crippen LogP contribution is -2.39. The molecule has 1 amide bonds. The van der Waals surface area contributed by atoms with Gasteiger partial charge in [-0.1, -0.05) is 30.3 Å². The molecule has 0 saturated heterocycles. The highest BCUT2D eigenvalue weighted by molar-refractivity contribution is 7.99. The lowest BCUT2D eigenvalue weighted by atomic mass is 10.1. The second-order valence-electron chi connectivity index (χ2n) is 5.25. The van der Waals surface area contributed by atoms with Crippen molar-refractivity contribution < 1.29 is 9.53 Å².